The van der Waals surface area contributed by atoms with Crippen LogP contribution in [0.2, 0.25) is 0 Å². The van der Waals surface area contributed by atoms with Gasteiger partial charge in [-0.1, -0.05) is 28.4 Å². The van der Waals surface area contributed by atoms with Gasteiger partial charge in [0.25, 0.3) is 5.91 Å². The van der Waals surface area contributed by atoms with Gasteiger partial charge in [-0.3, -0.25) is 9.59 Å². The fourth-order valence-corrected chi connectivity index (χ4v) is 5.58. The van der Waals surface area contributed by atoms with E-state index in [-0.39, 0.29) is 22.4 Å². The molecule has 3 rings (SSSR count). The van der Waals surface area contributed by atoms with Crippen LogP contribution in [0.5, 0.6) is 0 Å². The number of hydrogen-bond donors (Lipinski definition) is 2. The Kier molecular flexibility index (Phi) is 6.95. The standard InChI is InChI=1S/C21H24BrN3O4S/c1-14-6-3-4-11-25(14)30(28,29)18-8-5-7-16(12-18)21(27)24-20-13-17(22)9-10-19(20)23-15(2)26/h5,7-10,12-14H,3-4,6,11H2,1-2H3,(H,23,26)(H,24,27). The molecule has 0 aliphatic carbocycles. The number of hydrogen-bond acceptors (Lipinski definition) is 4. The Balaban J connectivity index is 1.87. The SMILES string of the molecule is CC(=O)Nc1ccc(Br)cc1NC(=O)c1cccc(S(=O)(=O)N2CCCCC2C)c1. The summed E-state index contributed by atoms with van der Waals surface area (Å²) >= 11 is 3.35. The van der Waals surface area contributed by atoms with Crippen LogP contribution in [0.4, 0.5) is 11.4 Å². The summed E-state index contributed by atoms with van der Waals surface area (Å²) in [4.78, 5) is 24.4. The van der Waals surface area contributed by atoms with Gasteiger partial charge in [0, 0.05) is 29.5 Å². The Bertz CT molecular complexity index is 1070. The van der Waals surface area contributed by atoms with Gasteiger partial charge in [-0.2, -0.15) is 4.31 Å². The molecule has 1 atom stereocenters. The number of sulfonamides is 1. The summed E-state index contributed by atoms with van der Waals surface area (Å²) in [6, 6.07) is 11.0. The number of nitrogens with zero attached hydrogens (tertiary/aromatic N) is 1. The fourth-order valence-electron chi connectivity index (χ4n) is 3.48. The minimum atomic E-state index is -3.68. The number of halogens is 1. The van der Waals surface area contributed by atoms with Crippen molar-refractivity contribution in [2.75, 3.05) is 17.2 Å². The van der Waals surface area contributed by atoms with E-state index in [1.807, 2.05) is 6.92 Å². The first-order valence-corrected chi connectivity index (χ1v) is 11.9. The highest BCUT2D eigenvalue weighted by molar-refractivity contribution is 9.10. The molecule has 9 heteroatoms. The molecule has 1 unspecified atom stereocenters. The molecule has 0 saturated carbocycles. The highest BCUT2D eigenvalue weighted by Crippen LogP contribution is 2.28. The van der Waals surface area contributed by atoms with Crippen molar-refractivity contribution in [2.24, 2.45) is 0 Å². The van der Waals surface area contributed by atoms with Crippen molar-refractivity contribution in [3.8, 4) is 0 Å². The molecule has 2 amide bonds. The summed E-state index contributed by atoms with van der Waals surface area (Å²) in [5.41, 5.74) is 1.07. The molecule has 2 aromatic carbocycles. The van der Waals surface area contributed by atoms with E-state index in [4.69, 9.17) is 0 Å². The molecule has 1 aliphatic rings. The van der Waals surface area contributed by atoms with E-state index in [2.05, 4.69) is 26.6 Å². The van der Waals surface area contributed by atoms with Crippen molar-refractivity contribution in [3.63, 3.8) is 0 Å². The molecule has 1 fully saturated rings. The van der Waals surface area contributed by atoms with E-state index in [0.717, 1.165) is 23.7 Å². The molecule has 2 aromatic rings. The van der Waals surface area contributed by atoms with Gasteiger partial charge >= 0.3 is 0 Å². The highest BCUT2D eigenvalue weighted by Gasteiger charge is 2.31. The second-order valence-electron chi connectivity index (χ2n) is 7.31. The molecule has 0 radical (unpaired) electrons. The van der Waals surface area contributed by atoms with E-state index in [1.54, 1.807) is 30.3 Å². The summed E-state index contributed by atoms with van der Waals surface area (Å²) in [6.07, 6.45) is 2.67. The minimum Gasteiger partial charge on any atom is -0.325 e. The molecule has 0 aromatic heterocycles. The van der Waals surface area contributed by atoms with E-state index in [9.17, 15) is 18.0 Å². The van der Waals surface area contributed by atoms with Gasteiger partial charge in [0.15, 0.2) is 0 Å². The Hall–Kier alpha value is -2.23. The van der Waals surface area contributed by atoms with Crippen LogP contribution in [0.3, 0.4) is 0 Å². The zero-order chi connectivity index (χ0) is 21.9. The zero-order valence-corrected chi connectivity index (χ0v) is 19.2. The monoisotopic (exact) mass is 493 g/mol. The maximum atomic E-state index is 13.1. The summed E-state index contributed by atoms with van der Waals surface area (Å²) in [5.74, 6) is -0.736. The highest BCUT2D eigenvalue weighted by atomic mass is 79.9. The van der Waals surface area contributed by atoms with Crippen molar-refractivity contribution in [3.05, 3.63) is 52.5 Å². The Morgan fingerprint density at radius 1 is 1.07 bits per heavy atom. The van der Waals surface area contributed by atoms with E-state index < -0.39 is 15.9 Å². The quantitative estimate of drug-likeness (QED) is 0.651. The maximum absolute atomic E-state index is 13.1. The zero-order valence-electron chi connectivity index (χ0n) is 16.8. The average Bonchev–Trinajstić information content (AvgIpc) is 2.70. The molecule has 0 spiro atoms. The van der Waals surface area contributed by atoms with Crippen LogP contribution in [-0.4, -0.2) is 37.1 Å². The third-order valence-electron chi connectivity index (χ3n) is 4.99. The Morgan fingerprint density at radius 2 is 1.83 bits per heavy atom. The predicted octanol–water partition coefficient (Wildman–Crippen LogP) is 4.22. The lowest BCUT2D eigenvalue weighted by molar-refractivity contribution is -0.114. The van der Waals surface area contributed by atoms with Crippen LogP contribution in [0.25, 0.3) is 0 Å². The predicted molar refractivity (Wildman–Crippen MR) is 120 cm³/mol. The smallest absolute Gasteiger partial charge is 0.255 e. The number of anilines is 2. The van der Waals surface area contributed by atoms with Crippen LogP contribution in [-0.2, 0) is 14.8 Å². The molecule has 30 heavy (non-hydrogen) atoms. The van der Waals surface area contributed by atoms with Crippen LogP contribution in [0, 0.1) is 0 Å². The van der Waals surface area contributed by atoms with Gasteiger partial charge in [0.2, 0.25) is 15.9 Å². The van der Waals surface area contributed by atoms with Crippen LogP contribution >= 0.6 is 15.9 Å². The van der Waals surface area contributed by atoms with Gasteiger partial charge in [-0.05, 0) is 56.2 Å². The second-order valence-corrected chi connectivity index (χ2v) is 10.1. The summed E-state index contributed by atoms with van der Waals surface area (Å²) in [7, 11) is -3.68. The Morgan fingerprint density at radius 3 is 2.53 bits per heavy atom. The molecule has 1 saturated heterocycles. The first kappa shape index (κ1) is 22.5. The topological polar surface area (TPSA) is 95.6 Å². The number of benzene rings is 2. The summed E-state index contributed by atoms with van der Waals surface area (Å²) in [5, 5.41) is 5.41. The normalized spacial score (nSPS) is 17.4. The average molecular weight is 494 g/mol. The lowest BCUT2D eigenvalue weighted by Crippen LogP contribution is -2.41. The lowest BCUT2D eigenvalue weighted by Gasteiger charge is -2.32. The van der Waals surface area contributed by atoms with Crippen molar-refractivity contribution in [1.29, 1.82) is 0 Å². The summed E-state index contributed by atoms with van der Waals surface area (Å²) < 4.78 is 28.4. The number of carbonyl (C=O) groups excluding carboxylic acids is 2. The number of rotatable bonds is 5. The van der Waals surface area contributed by atoms with Crippen molar-refractivity contribution in [2.45, 2.75) is 44.0 Å². The molecule has 1 aliphatic heterocycles. The largest absolute Gasteiger partial charge is 0.325 e. The molecular formula is C21H24BrN3O4S. The second kappa shape index (κ2) is 9.28. The molecular weight excluding hydrogens is 470 g/mol. The van der Waals surface area contributed by atoms with Gasteiger partial charge in [0.05, 0.1) is 16.3 Å². The van der Waals surface area contributed by atoms with E-state index in [1.165, 1.54) is 23.4 Å². The van der Waals surface area contributed by atoms with E-state index >= 15 is 0 Å². The van der Waals surface area contributed by atoms with Crippen molar-refractivity contribution >= 4 is 49.1 Å². The first-order chi connectivity index (χ1) is 14.2. The molecule has 2 N–H and O–H groups in total. The molecule has 7 nitrogen and oxygen atoms in total. The van der Waals surface area contributed by atoms with Crippen LogP contribution in [0.1, 0.15) is 43.5 Å². The molecule has 160 valence electrons. The number of piperidine rings is 1. The summed E-state index contributed by atoms with van der Waals surface area (Å²) in [6.45, 7) is 3.77. The van der Waals surface area contributed by atoms with Crippen LogP contribution < -0.4 is 10.6 Å². The third kappa shape index (κ3) is 5.08. The van der Waals surface area contributed by atoms with Gasteiger partial charge in [-0.15, -0.1) is 0 Å². The Labute approximate surface area is 185 Å². The lowest BCUT2D eigenvalue weighted by atomic mass is 10.1. The number of amides is 2. The van der Waals surface area contributed by atoms with Gasteiger partial charge in [0.1, 0.15) is 0 Å². The minimum absolute atomic E-state index is 0.0666. The third-order valence-corrected chi connectivity index (χ3v) is 7.49. The maximum Gasteiger partial charge on any atom is 0.255 e. The number of carbonyl (C=O) groups is 2. The van der Waals surface area contributed by atoms with Crippen molar-refractivity contribution in [1.82, 2.24) is 4.31 Å². The van der Waals surface area contributed by atoms with Gasteiger partial charge in [-0.25, -0.2) is 8.42 Å². The molecule has 0 bridgehead atoms. The van der Waals surface area contributed by atoms with Crippen molar-refractivity contribution < 1.29 is 18.0 Å². The molecule has 1 heterocycles. The fraction of sp³-hybridized carbons (Fsp3) is 0.333. The van der Waals surface area contributed by atoms with Crippen LogP contribution in [0.15, 0.2) is 51.8 Å². The number of nitrogens with one attached hydrogen (secondary N) is 2. The van der Waals surface area contributed by atoms with E-state index in [0.29, 0.717) is 17.9 Å². The first-order valence-electron chi connectivity index (χ1n) is 9.69. The van der Waals surface area contributed by atoms with Gasteiger partial charge < -0.3 is 10.6 Å².